The highest BCUT2D eigenvalue weighted by Crippen LogP contribution is 2.60. The molecule has 6 unspecified atom stereocenters. The lowest BCUT2D eigenvalue weighted by Gasteiger charge is -2.60. The van der Waals surface area contributed by atoms with E-state index in [0.29, 0.717) is 18.3 Å². The molecule has 10 nitrogen and oxygen atoms in total. The fraction of sp³-hybridized carbons (Fsp3) is 0.871. The maximum absolute atomic E-state index is 12.0. The second-order valence-electron chi connectivity index (χ2n) is 13.1. The van der Waals surface area contributed by atoms with E-state index in [9.17, 15) is 34.5 Å². The molecular formula is C31H54N2O8. The summed E-state index contributed by atoms with van der Waals surface area (Å²) in [4.78, 5) is 46.3. The second-order valence-corrected chi connectivity index (χ2v) is 13.1. The maximum atomic E-state index is 12.0. The van der Waals surface area contributed by atoms with E-state index in [-0.39, 0.29) is 22.8 Å². The lowest BCUT2D eigenvalue weighted by Crippen LogP contribution is -2.65. The highest BCUT2D eigenvalue weighted by molar-refractivity contribution is 5.81. The van der Waals surface area contributed by atoms with Gasteiger partial charge in [0.05, 0.1) is 12.8 Å². The number of aliphatic carboxylic acids is 4. The first-order valence-electron chi connectivity index (χ1n) is 15.6. The predicted octanol–water partition coefficient (Wildman–Crippen LogP) is 5.00. The van der Waals surface area contributed by atoms with Crippen LogP contribution < -0.4 is 10.6 Å². The Morgan fingerprint density at radius 3 is 1.83 bits per heavy atom. The molecule has 8 atom stereocenters. The molecule has 10 heteroatoms. The Morgan fingerprint density at radius 1 is 0.829 bits per heavy atom. The van der Waals surface area contributed by atoms with Gasteiger partial charge >= 0.3 is 23.9 Å². The lowest BCUT2D eigenvalue weighted by atomic mass is 9.48. The predicted molar refractivity (Wildman–Crippen MR) is 156 cm³/mol. The average molecular weight is 583 g/mol. The minimum Gasteiger partial charge on any atom is -0.481 e. The molecule has 6 N–H and O–H groups in total. The summed E-state index contributed by atoms with van der Waals surface area (Å²) in [5, 5.41) is 44.3. The van der Waals surface area contributed by atoms with Gasteiger partial charge in [-0.15, -0.1) is 0 Å². The summed E-state index contributed by atoms with van der Waals surface area (Å²) in [7, 11) is 0. The van der Waals surface area contributed by atoms with Crippen LogP contribution in [0.15, 0.2) is 0 Å². The molecule has 0 saturated heterocycles. The standard InChI is InChI=1S/C31H54N2O8/c1-7-29(6)18-21(13-14-31(29,10-4)33-24(28(40)41)17-26(36)37)30(8-2,9-3)20-11-12-22(19(5)15-20)32-23(27(38)39)16-25(34)35/h19-24,32-33H,7-18H2,1-6H3,(H,34,35)(H,36,37)(H,38,39)(H,40,41)/t19?,20?,21?,22?,23-,24-,29?,31?/m0/s1. The van der Waals surface area contributed by atoms with Gasteiger partial charge in [0.25, 0.3) is 0 Å². The van der Waals surface area contributed by atoms with Gasteiger partial charge in [-0.3, -0.25) is 24.5 Å². The van der Waals surface area contributed by atoms with E-state index in [4.69, 9.17) is 5.11 Å². The Bertz CT molecular complexity index is 937. The number of carboxylic acid groups (broad SMARTS) is 4. The molecule has 2 rings (SSSR count). The van der Waals surface area contributed by atoms with Gasteiger partial charge in [-0.05, 0) is 92.8 Å². The maximum Gasteiger partial charge on any atom is 0.321 e. The number of hydrogen-bond donors (Lipinski definition) is 6. The van der Waals surface area contributed by atoms with Crippen LogP contribution in [-0.2, 0) is 19.2 Å². The van der Waals surface area contributed by atoms with Gasteiger partial charge in [0, 0.05) is 11.6 Å². The molecular weight excluding hydrogens is 528 g/mol. The zero-order valence-corrected chi connectivity index (χ0v) is 25.9. The van der Waals surface area contributed by atoms with Crippen molar-refractivity contribution in [3.63, 3.8) is 0 Å². The van der Waals surface area contributed by atoms with E-state index >= 15 is 0 Å². The minimum atomic E-state index is -1.14. The van der Waals surface area contributed by atoms with Crippen molar-refractivity contribution in [2.45, 2.75) is 142 Å². The van der Waals surface area contributed by atoms with Gasteiger partial charge in [0.15, 0.2) is 0 Å². The van der Waals surface area contributed by atoms with Crippen molar-refractivity contribution in [2.24, 2.45) is 28.6 Å². The van der Waals surface area contributed by atoms with Gasteiger partial charge in [-0.25, -0.2) is 0 Å². The van der Waals surface area contributed by atoms with Crippen molar-refractivity contribution in [2.75, 3.05) is 0 Å². The van der Waals surface area contributed by atoms with E-state index < -0.39 is 54.3 Å². The summed E-state index contributed by atoms with van der Waals surface area (Å²) in [5.41, 5.74) is -0.618. The van der Waals surface area contributed by atoms with Crippen LogP contribution in [0.5, 0.6) is 0 Å². The molecule has 236 valence electrons. The Morgan fingerprint density at radius 2 is 1.39 bits per heavy atom. The van der Waals surface area contributed by atoms with E-state index in [2.05, 4.69) is 52.2 Å². The Hall–Kier alpha value is -2.20. The molecule has 2 fully saturated rings. The van der Waals surface area contributed by atoms with Gasteiger partial charge in [0.1, 0.15) is 12.1 Å². The van der Waals surface area contributed by atoms with Crippen molar-refractivity contribution >= 4 is 23.9 Å². The van der Waals surface area contributed by atoms with Crippen molar-refractivity contribution < 1.29 is 39.6 Å². The smallest absolute Gasteiger partial charge is 0.321 e. The molecule has 0 spiro atoms. The minimum absolute atomic E-state index is 0.0514. The van der Waals surface area contributed by atoms with E-state index in [1.807, 2.05) is 0 Å². The fourth-order valence-electron chi connectivity index (χ4n) is 8.75. The summed E-state index contributed by atoms with van der Waals surface area (Å²) >= 11 is 0. The Balaban J connectivity index is 2.29. The molecule has 2 saturated carbocycles. The zero-order chi connectivity index (χ0) is 31.2. The first-order chi connectivity index (χ1) is 19.1. The third-order valence-corrected chi connectivity index (χ3v) is 11.5. The van der Waals surface area contributed by atoms with Crippen LogP contribution in [0, 0.1) is 28.6 Å². The topological polar surface area (TPSA) is 173 Å². The number of carboxylic acids is 4. The summed E-state index contributed by atoms with van der Waals surface area (Å²) in [5.74, 6) is -3.46. The monoisotopic (exact) mass is 582 g/mol. The highest BCUT2D eigenvalue weighted by Gasteiger charge is 2.56. The third kappa shape index (κ3) is 7.61. The van der Waals surface area contributed by atoms with Crippen molar-refractivity contribution in [3.8, 4) is 0 Å². The molecule has 41 heavy (non-hydrogen) atoms. The van der Waals surface area contributed by atoms with Crippen molar-refractivity contribution in [3.05, 3.63) is 0 Å². The fourth-order valence-corrected chi connectivity index (χ4v) is 8.75. The SMILES string of the molecule is CCC(CC)(C1CCC(N[C@@H](CC(=O)O)C(=O)O)C(C)C1)C1CCC(CC)(N[C@@H](CC(=O)O)C(=O)O)C(C)(CC)C1. The van der Waals surface area contributed by atoms with Crippen LogP contribution in [0.4, 0.5) is 0 Å². The Labute approximate surface area is 245 Å². The Kier molecular flexibility index (Phi) is 12.2. The van der Waals surface area contributed by atoms with Crippen LogP contribution in [0.25, 0.3) is 0 Å². The number of nitrogens with one attached hydrogen (secondary N) is 2. The van der Waals surface area contributed by atoms with Gasteiger partial charge < -0.3 is 25.7 Å². The number of carbonyl (C=O) groups is 4. The summed E-state index contributed by atoms with van der Waals surface area (Å²) in [6.45, 7) is 13.1. The van der Waals surface area contributed by atoms with Crippen LogP contribution in [0.2, 0.25) is 0 Å². The first-order valence-corrected chi connectivity index (χ1v) is 15.6. The zero-order valence-electron chi connectivity index (χ0n) is 25.9. The molecule has 0 aromatic rings. The molecule has 0 aromatic heterocycles. The quantitative estimate of drug-likeness (QED) is 0.145. The molecule has 2 aliphatic rings. The largest absolute Gasteiger partial charge is 0.481 e. The molecule has 0 radical (unpaired) electrons. The van der Waals surface area contributed by atoms with Gasteiger partial charge in [-0.2, -0.15) is 0 Å². The summed E-state index contributed by atoms with van der Waals surface area (Å²) in [6.07, 6.45) is 8.02. The first kappa shape index (κ1) is 35.0. The number of rotatable bonds is 16. The molecule has 0 amide bonds. The molecule has 0 bridgehead atoms. The molecule has 0 aliphatic heterocycles. The van der Waals surface area contributed by atoms with Crippen molar-refractivity contribution in [1.82, 2.24) is 10.6 Å². The lowest BCUT2D eigenvalue weighted by molar-refractivity contribution is -0.148. The molecule has 0 heterocycles. The van der Waals surface area contributed by atoms with Gasteiger partial charge in [0.2, 0.25) is 0 Å². The summed E-state index contributed by atoms with van der Waals surface area (Å²) < 4.78 is 0. The van der Waals surface area contributed by atoms with Crippen LogP contribution >= 0.6 is 0 Å². The van der Waals surface area contributed by atoms with Crippen LogP contribution in [-0.4, -0.2) is 68.0 Å². The molecule has 2 aliphatic carbocycles. The normalized spacial score (nSPS) is 32.1. The summed E-state index contributed by atoms with van der Waals surface area (Å²) in [6, 6.07) is -2.30. The van der Waals surface area contributed by atoms with E-state index in [1.54, 1.807) is 0 Å². The molecule has 0 aromatic carbocycles. The second kappa shape index (κ2) is 14.3. The van der Waals surface area contributed by atoms with Crippen molar-refractivity contribution in [1.29, 1.82) is 0 Å². The van der Waals surface area contributed by atoms with Crippen LogP contribution in [0.3, 0.4) is 0 Å². The number of hydrogen-bond acceptors (Lipinski definition) is 6. The highest BCUT2D eigenvalue weighted by atomic mass is 16.4. The average Bonchev–Trinajstić information content (AvgIpc) is 2.90. The van der Waals surface area contributed by atoms with E-state index in [1.165, 1.54) is 0 Å². The van der Waals surface area contributed by atoms with Gasteiger partial charge in [-0.1, -0.05) is 41.5 Å². The van der Waals surface area contributed by atoms with Crippen LogP contribution in [0.1, 0.15) is 119 Å². The van der Waals surface area contributed by atoms with E-state index in [0.717, 1.165) is 57.8 Å². The third-order valence-electron chi connectivity index (χ3n) is 11.5.